The summed E-state index contributed by atoms with van der Waals surface area (Å²) in [5, 5.41) is 9.75. The van der Waals surface area contributed by atoms with E-state index in [1.54, 1.807) is 24.9 Å². The van der Waals surface area contributed by atoms with Crippen LogP contribution in [0.1, 0.15) is 5.56 Å². The van der Waals surface area contributed by atoms with Crippen molar-refractivity contribution in [1.82, 2.24) is 0 Å². The van der Waals surface area contributed by atoms with E-state index in [0.29, 0.717) is 11.6 Å². The molecule has 14 heavy (non-hydrogen) atoms. The lowest BCUT2D eigenvalue weighted by atomic mass is 10.2. The molecular formula is C10H13ClO2S. The second kappa shape index (κ2) is 6.30. The first kappa shape index (κ1) is 11.9. The fraction of sp³-hybridized carbons (Fsp3) is 0.400. The maximum Gasteiger partial charge on any atom is 0.0707 e. The van der Waals surface area contributed by atoms with E-state index in [-0.39, 0.29) is 6.61 Å². The van der Waals surface area contributed by atoms with Gasteiger partial charge in [-0.25, -0.2) is 0 Å². The lowest BCUT2D eigenvalue weighted by molar-refractivity contribution is 0.218. The van der Waals surface area contributed by atoms with Gasteiger partial charge in [0.1, 0.15) is 0 Å². The normalized spacial score (nSPS) is 10.5. The van der Waals surface area contributed by atoms with Gasteiger partial charge in [0, 0.05) is 28.3 Å². The van der Waals surface area contributed by atoms with Gasteiger partial charge in [-0.1, -0.05) is 17.7 Å². The van der Waals surface area contributed by atoms with Gasteiger partial charge in [0.25, 0.3) is 0 Å². The molecule has 1 aromatic rings. The highest BCUT2D eigenvalue weighted by atomic mass is 35.5. The molecule has 0 aromatic heterocycles. The quantitative estimate of drug-likeness (QED) is 0.625. The number of hydrogen-bond acceptors (Lipinski definition) is 3. The van der Waals surface area contributed by atoms with Crippen molar-refractivity contribution in [2.45, 2.75) is 11.5 Å². The van der Waals surface area contributed by atoms with Gasteiger partial charge in [-0.3, -0.25) is 0 Å². The third-order valence-corrected chi connectivity index (χ3v) is 3.20. The number of benzene rings is 1. The Labute approximate surface area is 93.2 Å². The third-order valence-electron chi connectivity index (χ3n) is 1.78. The van der Waals surface area contributed by atoms with Crippen LogP contribution in [0.4, 0.5) is 0 Å². The molecule has 0 aliphatic heterocycles. The van der Waals surface area contributed by atoms with E-state index < -0.39 is 0 Å². The minimum absolute atomic E-state index is 0.0189. The molecule has 1 N–H and O–H groups in total. The highest BCUT2D eigenvalue weighted by Crippen LogP contribution is 2.28. The van der Waals surface area contributed by atoms with Crippen molar-refractivity contribution in [1.29, 1.82) is 0 Å². The van der Waals surface area contributed by atoms with Crippen molar-refractivity contribution in [3.05, 3.63) is 28.8 Å². The summed E-state index contributed by atoms with van der Waals surface area (Å²) >= 11 is 7.58. The van der Waals surface area contributed by atoms with Crippen LogP contribution in [0.15, 0.2) is 23.1 Å². The summed E-state index contributed by atoms with van der Waals surface area (Å²) in [6.45, 7) is 0.678. The zero-order valence-corrected chi connectivity index (χ0v) is 9.57. The van der Waals surface area contributed by atoms with E-state index >= 15 is 0 Å². The molecular weight excluding hydrogens is 220 g/mol. The fourth-order valence-electron chi connectivity index (χ4n) is 1.06. The summed E-state index contributed by atoms with van der Waals surface area (Å²) in [6, 6.07) is 5.63. The topological polar surface area (TPSA) is 29.5 Å². The molecule has 78 valence electrons. The van der Waals surface area contributed by atoms with Gasteiger partial charge in [-0.15, -0.1) is 11.8 Å². The van der Waals surface area contributed by atoms with Gasteiger partial charge in [-0.2, -0.15) is 0 Å². The van der Waals surface area contributed by atoms with Crippen molar-refractivity contribution in [3.63, 3.8) is 0 Å². The third kappa shape index (κ3) is 3.17. The van der Waals surface area contributed by atoms with Crippen LogP contribution in [0.5, 0.6) is 0 Å². The predicted molar refractivity (Wildman–Crippen MR) is 60.0 cm³/mol. The Bertz CT molecular complexity index is 291. The minimum Gasteiger partial charge on any atom is -0.392 e. The maximum atomic E-state index is 9.13. The summed E-state index contributed by atoms with van der Waals surface area (Å²) in [4.78, 5) is 1.03. The zero-order chi connectivity index (χ0) is 10.4. The van der Waals surface area contributed by atoms with Crippen molar-refractivity contribution in [3.8, 4) is 0 Å². The number of rotatable bonds is 5. The summed E-state index contributed by atoms with van der Waals surface area (Å²) < 4.78 is 4.95. The SMILES string of the molecule is COCCSc1cccc(Cl)c1CO. The van der Waals surface area contributed by atoms with Crippen molar-refractivity contribution in [2.24, 2.45) is 0 Å². The minimum atomic E-state index is -0.0189. The molecule has 1 aromatic carbocycles. The van der Waals surface area contributed by atoms with E-state index in [1.165, 1.54) is 0 Å². The van der Waals surface area contributed by atoms with Gasteiger partial charge in [0.2, 0.25) is 0 Å². The molecule has 0 bridgehead atoms. The van der Waals surface area contributed by atoms with Crippen LogP contribution in [0.25, 0.3) is 0 Å². The molecule has 0 aliphatic carbocycles. The lowest BCUT2D eigenvalue weighted by Crippen LogP contribution is -1.94. The zero-order valence-electron chi connectivity index (χ0n) is 8.00. The number of halogens is 1. The molecule has 0 aliphatic rings. The standard InChI is InChI=1S/C10H13ClO2S/c1-13-5-6-14-10-4-2-3-9(11)8(10)7-12/h2-4,12H,5-7H2,1H3. The van der Waals surface area contributed by atoms with E-state index in [9.17, 15) is 0 Å². The predicted octanol–water partition coefficient (Wildman–Crippen LogP) is 2.57. The molecule has 2 nitrogen and oxygen atoms in total. The van der Waals surface area contributed by atoms with Gasteiger partial charge in [-0.05, 0) is 12.1 Å². The average molecular weight is 233 g/mol. The molecule has 1 rings (SSSR count). The molecule has 0 atom stereocenters. The van der Waals surface area contributed by atoms with Gasteiger partial charge in [0.05, 0.1) is 13.2 Å². The average Bonchev–Trinajstić information content (AvgIpc) is 2.18. The van der Waals surface area contributed by atoms with E-state index in [0.717, 1.165) is 16.2 Å². The Kier molecular flexibility index (Phi) is 5.33. The molecule has 0 radical (unpaired) electrons. The molecule has 0 saturated carbocycles. The van der Waals surface area contributed by atoms with E-state index in [1.807, 2.05) is 12.1 Å². The number of hydrogen-bond donors (Lipinski definition) is 1. The Morgan fingerprint density at radius 3 is 2.93 bits per heavy atom. The Morgan fingerprint density at radius 1 is 1.50 bits per heavy atom. The number of ether oxygens (including phenoxy) is 1. The summed E-state index contributed by atoms with van der Waals surface area (Å²) in [6.07, 6.45) is 0. The highest BCUT2D eigenvalue weighted by molar-refractivity contribution is 7.99. The molecule has 0 unspecified atom stereocenters. The van der Waals surface area contributed by atoms with Crippen molar-refractivity contribution in [2.75, 3.05) is 19.5 Å². The summed E-state index contributed by atoms with van der Waals surface area (Å²) in [7, 11) is 1.67. The molecule has 0 amide bonds. The molecule has 4 heteroatoms. The fourth-order valence-corrected chi connectivity index (χ4v) is 2.35. The van der Waals surface area contributed by atoms with Crippen LogP contribution in [0.2, 0.25) is 5.02 Å². The lowest BCUT2D eigenvalue weighted by Gasteiger charge is -2.08. The van der Waals surface area contributed by atoms with Crippen LogP contribution in [0, 0.1) is 0 Å². The van der Waals surface area contributed by atoms with Crippen LogP contribution < -0.4 is 0 Å². The van der Waals surface area contributed by atoms with Gasteiger partial charge in [0.15, 0.2) is 0 Å². The van der Waals surface area contributed by atoms with Crippen molar-refractivity contribution < 1.29 is 9.84 Å². The largest absolute Gasteiger partial charge is 0.392 e. The van der Waals surface area contributed by atoms with Crippen molar-refractivity contribution >= 4 is 23.4 Å². The van der Waals surface area contributed by atoms with Crippen LogP contribution >= 0.6 is 23.4 Å². The molecule has 0 saturated heterocycles. The first-order chi connectivity index (χ1) is 6.79. The second-order valence-electron chi connectivity index (χ2n) is 2.72. The van der Waals surface area contributed by atoms with E-state index in [4.69, 9.17) is 21.4 Å². The Morgan fingerprint density at radius 2 is 2.29 bits per heavy atom. The highest BCUT2D eigenvalue weighted by Gasteiger charge is 2.05. The van der Waals surface area contributed by atoms with Crippen LogP contribution in [-0.4, -0.2) is 24.6 Å². The van der Waals surface area contributed by atoms with Crippen LogP contribution in [-0.2, 0) is 11.3 Å². The van der Waals surface area contributed by atoms with E-state index in [2.05, 4.69) is 0 Å². The molecule has 0 heterocycles. The summed E-state index contributed by atoms with van der Waals surface area (Å²) in [5.41, 5.74) is 0.801. The van der Waals surface area contributed by atoms with Gasteiger partial charge < -0.3 is 9.84 Å². The number of methoxy groups -OCH3 is 1. The molecule has 0 spiro atoms. The first-order valence-corrected chi connectivity index (χ1v) is 5.66. The number of thioether (sulfide) groups is 1. The molecule has 0 fully saturated rings. The second-order valence-corrected chi connectivity index (χ2v) is 4.26. The van der Waals surface area contributed by atoms with Crippen LogP contribution in [0.3, 0.4) is 0 Å². The summed E-state index contributed by atoms with van der Waals surface area (Å²) in [5.74, 6) is 0.865. The number of aliphatic hydroxyl groups is 1. The Balaban J connectivity index is 2.70. The number of aliphatic hydroxyl groups excluding tert-OH is 1. The monoisotopic (exact) mass is 232 g/mol. The van der Waals surface area contributed by atoms with Gasteiger partial charge >= 0.3 is 0 Å². The smallest absolute Gasteiger partial charge is 0.0707 e. The Hall–Kier alpha value is -0.220. The maximum absolute atomic E-state index is 9.13. The first-order valence-electron chi connectivity index (χ1n) is 4.29.